The van der Waals surface area contributed by atoms with E-state index in [2.05, 4.69) is 5.32 Å². The quantitative estimate of drug-likeness (QED) is 0.482. The van der Waals surface area contributed by atoms with Crippen LogP contribution in [0.4, 0.5) is 9.59 Å². The molecule has 35 heavy (non-hydrogen) atoms. The van der Waals surface area contributed by atoms with Gasteiger partial charge in [-0.1, -0.05) is 12.1 Å². The minimum absolute atomic E-state index is 0.158. The van der Waals surface area contributed by atoms with E-state index < -0.39 is 31.4 Å². The van der Waals surface area contributed by atoms with E-state index in [-0.39, 0.29) is 51.7 Å². The number of ether oxygens (including phenoxy) is 1. The molecule has 1 atom stereocenters. The van der Waals surface area contributed by atoms with E-state index in [1.807, 2.05) is 0 Å². The van der Waals surface area contributed by atoms with Gasteiger partial charge in [-0.3, -0.25) is 9.36 Å². The molecule has 0 aliphatic carbocycles. The third-order valence-electron chi connectivity index (χ3n) is 5.14. The lowest BCUT2D eigenvalue weighted by Gasteiger charge is -2.35. The van der Waals surface area contributed by atoms with Gasteiger partial charge in [0, 0.05) is 32.6 Å². The summed E-state index contributed by atoms with van der Waals surface area (Å²) in [6.45, 7) is 9.93. The third-order valence-corrected chi connectivity index (χ3v) is 7.27. The Kier molecular flexibility index (Phi) is 10.1. The lowest BCUT2D eigenvalue weighted by Crippen LogP contribution is -2.56. The molecule has 1 heterocycles. The van der Waals surface area contributed by atoms with Crippen LogP contribution in [0.15, 0.2) is 24.3 Å². The molecule has 0 aromatic heterocycles. The average Bonchev–Trinajstić information content (AvgIpc) is 2.77. The topological polar surface area (TPSA) is 135 Å². The van der Waals surface area contributed by atoms with Crippen LogP contribution >= 0.6 is 7.60 Å². The molecule has 11 nitrogen and oxygen atoms in total. The maximum absolute atomic E-state index is 13.3. The van der Waals surface area contributed by atoms with Crippen molar-refractivity contribution in [2.45, 2.75) is 52.7 Å². The summed E-state index contributed by atoms with van der Waals surface area (Å²) in [6.07, 6.45) is -1.60. The predicted octanol–water partition coefficient (Wildman–Crippen LogP) is 2.84. The monoisotopic (exact) mass is 513 g/mol. The van der Waals surface area contributed by atoms with E-state index in [9.17, 15) is 18.9 Å². The van der Waals surface area contributed by atoms with Gasteiger partial charge < -0.3 is 34.0 Å². The molecule has 2 N–H and O–H groups in total. The maximum Gasteiger partial charge on any atom is 0.408 e. The number of hydrogen-bond donors (Lipinski definition) is 2. The van der Waals surface area contributed by atoms with E-state index in [1.165, 1.54) is 9.80 Å². The van der Waals surface area contributed by atoms with Gasteiger partial charge in [-0.05, 0) is 52.3 Å². The standard InChI is InChI=1S/C23H36N3O8P/c1-6-32-35(31,33-7-2)18-10-8-17(9-11-18)16-19(24-21(28)34-23(3,4)5)20(27)25-12-14-26(15-13-25)22(29)30/h8-11,19H,6-7,12-16H2,1-5H3,(H,24,28)(H,29,30)/t19-/m0/s1. The van der Waals surface area contributed by atoms with Crippen LogP contribution in [0.5, 0.6) is 0 Å². The Morgan fingerprint density at radius 2 is 1.51 bits per heavy atom. The second-order valence-corrected chi connectivity index (χ2v) is 11.0. The van der Waals surface area contributed by atoms with Crippen molar-refractivity contribution in [1.29, 1.82) is 0 Å². The highest BCUT2D eigenvalue weighted by atomic mass is 31.2. The summed E-state index contributed by atoms with van der Waals surface area (Å²) >= 11 is 0. The molecule has 0 unspecified atom stereocenters. The van der Waals surface area contributed by atoms with Crippen molar-refractivity contribution in [3.05, 3.63) is 29.8 Å². The van der Waals surface area contributed by atoms with Crippen LogP contribution < -0.4 is 10.6 Å². The van der Waals surface area contributed by atoms with Crippen LogP contribution in [0.25, 0.3) is 0 Å². The van der Waals surface area contributed by atoms with Crippen LogP contribution in [0.1, 0.15) is 40.2 Å². The van der Waals surface area contributed by atoms with E-state index in [0.717, 1.165) is 0 Å². The van der Waals surface area contributed by atoms with Crippen molar-refractivity contribution >= 4 is 31.0 Å². The smallest absolute Gasteiger partial charge is 0.408 e. The molecule has 0 radical (unpaired) electrons. The molecule has 1 fully saturated rings. The normalized spacial score (nSPS) is 15.5. The number of carboxylic acid groups (broad SMARTS) is 1. The lowest BCUT2D eigenvalue weighted by atomic mass is 10.0. The third kappa shape index (κ3) is 8.52. The van der Waals surface area contributed by atoms with E-state index >= 15 is 0 Å². The van der Waals surface area contributed by atoms with Crippen molar-refractivity contribution in [2.24, 2.45) is 0 Å². The summed E-state index contributed by atoms with van der Waals surface area (Å²) in [5.41, 5.74) is -0.0292. The number of carbonyl (C=O) groups excluding carboxylic acids is 2. The van der Waals surface area contributed by atoms with Gasteiger partial charge in [0.15, 0.2) is 0 Å². The van der Waals surface area contributed by atoms with Gasteiger partial charge in [-0.15, -0.1) is 0 Å². The Balaban J connectivity index is 2.20. The molecule has 1 aromatic carbocycles. The summed E-state index contributed by atoms with van der Waals surface area (Å²) in [6, 6.07) is 5.74. The van der Waals surface area contributed by atoms with Crippen LogP contribution in [-0.4, -0.2) is 84.0 Å². The minimum Gasteiger partial charge on any atom is -0.465 e. The van der Waals surface area contributed by atoms with Gasteiger partial charge in [0.05, 0.1) is 18.5 Å². The van der Waals surface area contributed by atoms with Crippen molar-refractivity contribution in [3.63, 3.8) is 0 Å². The molecule has 0 saturated carbocycles. The van der Waals surface area contributed by atoms with Crippen molar-refractivity contribution in [2.75, 3.05) is 39.4 Å². The van der Waals surface area contributed by atoms with Gasteiger partial charge >= 0.3 is 19.8 Å². The number of benzene rings is 1. The number of rotatable bonds is 9. The van der Waals surface area contributed by atoms with Crippen LogP contribution in [0.2, 0.25) is 0 Å². The molecule has 1 aromatic rings. The number of piperazine rings is 1. The number of amides is 3. The van der Waals surface area contributed by atoms with Gasteiger partial charge in [-0.2, -0.15) is 0 Å². The highest BCUT2D eigenvalue weighted by molar-refractivity contribution is 7.62. The largest absolute Gasteiger partial charge is 0.465 e. The zero-order chi connectivity index (χ0) is 26.2. The van der Waals surface area contributed by atoms with Crippen LogP contribution in [0.3, 0.4) is 0 Å². The summed E-state index contributed by atoms with van der Waals surface area (Å²) in [7, 11) is -3.44. The van der Waals surface area contributed by atoms with Gasteiger partial charge in [0.1, 0.15) is 11.6 Å². The SMILES string of the molecule is CCOP(=O)(OCC)c1ccc(C[C@H](NC(=O)OC(C)(C)C)C(=O)N2CCN(C(=O)O)CC2)cc1. The summed E-state index contributed by atoms with van der Waals surface area (Å²) in [4.78, 5) is 39.7. The Hall–Kier alpha value is -2.62. The Morgan fingerprint density at radius 1 is 1.00 bits per heavy atom. The van der Waals surface area contributed by atoms with Gasteiger partial charge in [-0.25, -0.2) is 9.59 Å². The van der Waals surface area contributed by atoms with E-state index in [1.54, 1.807) is 58.9 Å². The Morgan fingerprint density at radius 3 is 1.97 bits per heavy atom. The van der Waals surface area contributed by atoms with Crippen LogP contribution in [0, 0.1) is 0 Å². The molecule has 196 valence electrons. The van der Waals surface area contributed by atoms with Gasteiger partial charge in [0.2, 0.25) is 5.91 Å². The first kappa shape index (κ1) is 28.6. The first-order chi connectivity index (χ1) is 16.4. The molecule has 12 heteroatoms. The summed E-state index contributed by atoms with van der Waals surface area (Å²) in [5, 5.41) is 12.2. The summed E-state index contributed by atoms with van der Waals surface area (Å²) in [5.74, 6) is -0.334. The maximum atomic E-state index is 13.3. The van der Waals surface area contributed by atoms with Crippen molar-refractivity contribution in [3.8, 4) is 0 Å². The van der Waals surface area contributed by atoms with E-state index in [4.69, 9.17) is 18.9 Å². The molecular formula is C23H36N3O8P. The Bertz CT molecular complexity index is 914. The molecule has 2 rings (SSSR count). The van der Waals surface area contributed by atoms with Crippen LogP contribution in [-0.2, 0) is 29.6 Å². The molecule has 1 saturated heterocycles. The molecule has 1 aliphatic rings. The second-order valence-electron chi connectivity index (χ2n) is 9.00. The highest BCUT2D eigenvalue weighted by Crippen LogP contribution is 2.46. The fraction of sp³-hybridized carbons (Fsp3) is 0.609. The van der Waals surface area contributed by atoms with Crippen molar-refractivity contribution in [1.82, 2.24) is 15.1 Å². The second kappa shape index (κ2) is 12.4. The zero-order valence-corrected chi connectivity index (χ0v) is 21.9. The summed E-state index contributed by atoms with van der Waals surface area (Å²) < 4.78 is 29.1. The fourth-order valence-electron chi connectivity index (χ4n) is 3.56. The molecule has 0 bridgehead atoms. The van der Waals surface area contributed by atoms with E-state index in [0.29, 0.717) is 10.9 Å². The number of carbonyl (C=O) groups is 3. The average molecular weight is 514 g/mol. The lowest BCUT2D eigenvalue weighted by molar-refractivity contribution is -0.135. The molecular weight excluding hydrogens is 477 g/mol. The number of hydrogen-bond acceptors (Lipinski definition) is 7. The molecule has 1 aliphatic heterocycles. The molecule has 3 amide bonds. The predicted molar refractivity (Wildman–Crippen MR) is 130 cm³/mol. The van der Waals surface area contributed by atoms with Crippen molar-refractivity contribution < 1.29 is 37.8 Å². The number of nitrogens with one attached hydrogen (secondary N) is 1. The number of nitrogens with zero attached hydrogens (tertiary/aromatic N) is 2. The number of alkyl carbamates (subject to hydrolysis) is 1. The minimum atomic E-state index is -3.44. The highest BCUT2D eigenvalue weighted by Gasteiger charge is 2.32. The van der Waals surface area contributed by atoms with Gasteiger partial charge in [0.25, 0.3) is 0 Å². The Labute approximate surface area is 206 Å². The first-order valence-corrected chi connectivity index (χ1v) is 13.2. The molecule has 0 spiro atoms. The fourth-order valence-corrected chi connectivity index (χ4v) is 5.13. The first-order valence-electron chi connectivity index (χ1n) is 11.6. The zero-order valence-electron chi connectivity index (χ0n) is 21.0.